The number of aromatic nitrogens is 2. The van der Waals surface area contributed by atoms with E-state index in [-0.39, 0.29) is 17.3 Å². The number of hydrogen-bond donors (Lipinski definition) is 1. The average Bonchev–Trinajstić information content (AvgIpc) is 3.07. The van der Waals surface area contributed by atoms with Gasteiger partial charge in [0.05, 0.1) is 11.0 Å². The Morgan fingerprint density at radius 3 is 2.62 bits per heavy atom. The van der Waals surface area contributed by atoms with Gasteiger partial charge in [0.2, 0.25) is 0 Å². The third-order valence-electron chi connectivity index (χ3n) is 3.87. The van der Waals surface area contributed by atoms with Crippen LogP contribution >= 0.6 is 11.8 Å². The maximum absolute atomic E-state index is 13.6. The van der Waals surface area contributed by atoms with Gasteiger partial charge in [-0.1, -0.05) is 11.8 Å². The van der Waals surface area contributed by atoms with Crippen LogP contribution in [0.5, 0.6) is 11.5 Å². The van der Waals surface area contributed by atoms with Crippen molar-refractivity contribution in [2.24, 2.45) is 0 Å². The van der Waals surface area contributed by atoms with Crippen molar-refractivity contribution in [1.82, 2.24) is 9.97 Å². The number of halogens is 3. The maximum atomic E-state index is 13.6. The van der Waals surface area contributed by atoms with E-state index in [9.17, 15) is 13.2 Å². The standard InChI is InChI=1S/C17H14F3N3O2S/c1-23(2)13-4-3-10(18)5-9(13)8-26-16-21-11-6-14-15(7-12(11)22-16)25-17(19,20)24-14/h3-7H,8H2,1-2H3,(H,21,22). The summed E-state index contributed by atoms with van der Waals surface area (Å²) in [6.45, 7) is 0. The highest BCUT2D eigenvalue weighted by Gasteiger charge is 2.43. The van der Waals surface area contributed by atoms with E-state index in [1.54, 1.807) is 6.07 Å². The van der Waals surface area contributed by atoms with E-state index >= 15 is 0 Å². The summed E-state index contributed by atoms with van der Waals surface area (Å²) >= 11 is 1.39. The molecule has 0 saturated carbocycles. The molecule has 5 nitrogen and oxygen atoms in total. The fourth-order valence-corrected chi connectivity index (χ4v) is 3.62. The molecule has 26 heavy (non-hydrogen) atoms. The molecule has 0 fully saturated rings. The van der Waals surface area contributed by atoms with Crippen LogP contribution in [0.15, 0.2) is 35.5 Å². The van der Waals surface area contributed by atoms with Crippen molar-refractivity contribution in [3.63, 3.8) is 0 Å². The van der Waals surface area contributed by atoms with Crippen molar-refractivity contribution in [2.45, 2.75) is 17.2 Å². The van der Waals surface area contributed by atoms with Crippen molar-refractivity contribution >= 4 is 28.5 Å². The van der Waals surface area contributed by atoms with Crippen molar-refractivity contribution < 1.29 is 22.6 Å². The van der Waals surface area contributed by atoms with E-state index in [1.807, 2.05) is 19.0 Å². The smallest absolute Gasteiger partial charge is 0.395 e. The SMILES string of the molecule is CN(C)c1ccc(F)cc1CSc1nc2cc3c(cc2[nH]1)OC(F)(F)O3. The summed E-state index contributed by atoms with van der Waals surface area (Å²) in [5, 5.41) is 0.587. The third-order valence-corrected chi connectivity index (χ3v) is 4.79. The second-order valence-corrected chi connectivity index (χ2v) is 6.95. The molecule has 0 radical (unpaired) electrons. The van der Waals surface area contributed by atoms with Gasteiger partial charge in [-0.2, -0.15) is 0 Å². The Bertz CT molecular complexity index is 946. The predicted molar refractivity (Wildman–Crippen MR) is 92.6 cm³/mol. The number of aromatic amines is 1. The zero-order valence-electron chi connectivity index (χ0n) is 13.8. The molecule has 3 aromatic rings. The summed E-state index contributed by atoms with van der Waals surface area (Å²) < 4.78 is 48.6. The molecule has 1 aliphatic heterocycles. The summed E-state index contributed by atoms with van der Waals surface area (Å²) in [7, 11) is 3.78. The van der Waals surface area contributed by atoms with Crippen LogP contribution in [-0.4, -0.2) is 30.4 Å². The number of H-pyrrole nitrogens is 1. The van der Waals surface area contributed by atoms with E-state index in [0.717, 1.165) is 11.3 Å². The topological polar surface area (TPSA) is 50.4 Å². The van der Waals surface area contributed by atoms with Crippen molar-refractivity contribution in [3.8, 4) is 11.5 Å². The van der Waals surface area contributed by atoms with Crippen molar-refractivity contribution in [2.75, 3.05) is 19.0 Å². The highest BCUT2D eigenvalue weighted by Crippen LogP contribution is 2.43. The third kappa shape index (κ3) is 3.14. The van der Waals surface area contributed by atoms with Crippen LogP contribution in [0.25, 0.3) is 11.0 Å². The van der Waals surface area contributed by atoms with Crippen LogP contribution in [0.4, 0.5) is 18.9 Å². The van der Waals surface area contributed by atoms with Gasteiger partial charge >= 0.3 is 6.29 Å². The minimum atomic E-state index is -3.65. The van der Waals surface area contributed by atoms with Gasteiger partial charge < -0.3 is 19.4 Å². The summed E-state index contributed by atoms with van der Waals surface area (Å²) in [6.07, 6.45) is -3.65. The molecule has 0 saturated heterocycles. The van der Waals surface area contributed by atoms with Crippen LogP contribution in [0.2, 0.25) is 0 Å². The molecule has 4 rings (SSSR count). The molecule has 9 heteroatoms. The lowest BCUT2D eigenvalue weighted by molar-refractivity contribution is -0.286. The number of ether oxygens (including phenoxy) is 2. The molecule has 2 aromatic carbocycles. The number of nitrogens with zero attached hydrogens (tertiary/aromatic N) is 2. The van der Waals surface area contributed by atoms with Gasteiger partial charge in [-0.3, -0.25) is 0 Å². The Kier molecular flexibility index (Phi) is 3.91. The normalized spacial score (nSPS) is 14.8. The molecule has 1 N–H and O–H groups in total. The Hall–Kier alpha value is -2.55. The van der Waals surface area contributed by atoms with Crippen LogP contribution in [0.1, 0.15) is 5.56 Å². The lowest BCUT2D eigenvalue weighted by Gasteiger charge is -2.17. The molecule has 0 unspecified atom stereocenters. The predicted octanol–water partition coefficient (Wildman–Crippen LogP) is 4.38. The fourth-order valence-electron chi connectivity index (χ4n) is 2.75. The highest BCUT2D eigenvalue weighted by atomic mass is 32.2. The monoisotopic (exact) mass is 381 g/mol. The lowest BCUT2D eigenvalue weighted by Crippen LogP contribution is -2.25. The molecule has 2 heterocycles. The lowest BCUT2D eigenvalue weighted by atomic mass is 10.2. The van der Waals surface area contributed by atoms with E-state index < -0.39 is 6.29 Å². The molecule has 0 bridgehead atoms. The van der Waals surface area contributed by atoms with Gasteiger partial charge in [0.15, 0.2) is 16.7 Å². The largest absolute Gasteiger partial charge is 0.586 e. The van der Waals surface area contributed by atoms with Gasteiger partial charge in [-0.05, 0) is 23.8 Å². The summed E-state index contributed by atoms with van der Waals surface area (Å²) in [6, 6.07) is 7.46. The average molecular weight is 381 g/mol. The molecule has 136 valence electrons. The Labute approximate surface area is 151 Å². The molecule has 0 amide bonds. The molecule has 0 aliphatic carbocycles. The van der Waals surface area contributed by atoms with Gasteiger partial charge in [0.1, 0.15) is 5.82 Å². The van der Waals surface area contributed by atoms with Crippen LogP contribution < -0.4 is 14.4 Å². The van der Waals surface area contributed by atoms with Crippen LogP contribution in [-0.2, 0) is 5.75 Å². The maximum Gasteiger partial charge on any atom is 0.586 e. The van der Waals surface area contributed by atoms with Gasteiger partial charge in [0.25, 0.3) is 0 Å². The minimum Gasteiger partial charge on any atom is -0.395 e. The van der Waals surface area contributed by atoms with Crippen LogP contribution in [0, 0.1) is 5.82 Å². The second-order valence-electron chi connectivity index (χ2n) is 5.98. The first-order chi connectivity index (χ1) is 12.3. The van der Waals surface area contributed by atoms with E-state index in [2.05, 4.69) is 19.4 Å². The summed E-state index contributed by atoms with van der Waals surface area (Å²) in [4.78, 5) is 9.33. The van der Waals surface area contributed by atoms with Gasteiger partial charge in [-0.15, -0.1) is 8.78 Å². The number of hydrogen-bond acceptors (Lipinski definition) is 5. The number of imidazole rings is 1. The summed E-state index contributed by atoms with van der Waals surface area (Å²) in [5.41, 5.74) is 2.78. The number of benzene rings is 2. The quantitative estimate of drug-likeness (QED) is 0.680. The molecule has 1 aliphatic rings. The number of rotatable bonds is 4. The first kappa shape index (κ1) is 16.9. The molecule has 0 spiro atoms. The molecule has 1 aromatic heterocycles. The van der Waals surface area contributed by atoms with E-state index in [4.69, 9.17) is 0 Å². The van der Waals surface area contributed by atoms with Crippen molar-refractivity contribution in [3.05, 3.63) is 41.7 Å². The minimum absolute atomic E-state index is 0.0391. The Morgan fingerprint density at radius 2 is 1.88 bits per heavy atom. The number of thioether (sulfide) groups is 1. The zero-order chi connectivity index (χ0) is 18.5. The van der Waals surface area contributed by atoms with Gasteiger partial charge in [-0.25, -0.2) is 9.37 Å². The Morgan fingerprint density at radius 1 is 1.15 bits per heavy atom. The van der Waals surface area contributed by atoms with Gasteiger partial charge in [0, 0.05) is 37.7 Å². The second kappa shape index (κ2) is 6.01. The number of anilines is 1. The van der Waals surface area contributed by atoms with E-state index in [1.165, 1.54) is 36.0 Å². The zero-order valence-corrected chi connectivity index (χ0v) is 14.7. The number of alkyl halides is 2. The van der Waals surface area contributed by atoms with Crippen LogP contribution in [0.3, 0.4) is 0 Å². The highest BCUT2D eigenvalue weighted by molar-refractivity contribution is 7.98. The first-order valence-electron chi connectivity index (χ1n) is 7.69. The first-order valence-corrected chi connectivity index (χ1v) is 8.67. The number of fused-ring (bicyclic) bond motifs is 2. The molecular formula is C17H14F3N3O2S. The summed E-state index contributed by atoms with van der Waals surface area (Å²) in [5.74, 6) is 0.103. The number of nitrogens with one attached hydrogen (secondary N) is 1. The molecular weight excluding hydrogens is 367 g/mol. The fraction of sp³-hybridized carbons (Fsp3) is 0.235. The van der Waals surface area contributed by atoms with E-state index in [0.29, 0.717) is 21.9 Å². The molecule has 0 atom stereocenters. The Balaban J connectivity index is 1.57. The van der Waals surface area contributed by atoms with Crippen molar-refractivity contribution in [1.29, 1.82) is 0 Å².